The molecule has 9 heteroatoms. The molecule has 1 amide bonds. The Morgan fingerprint density at radius 2 is 1.90 bits per heavy atom. The third kappa shape index (κ3) is 5.83. The maximum atomic E-state index is 12.7. The van der Waals surface area contributed by atoms with Gasteiger partial charge in [0, 0.05) is 12.2 Å². The first-order valence-corrected chi connectivity index (χ1v) is 12.2. The smallest absolute Gasteiger partial charge is 0.234 e. The molecular formula is C22H24N4O3S2. The number of carbonyl (C=O) groups excluding carboxylic acids is 1. The number of hydrogen-bond donors (Lipinski definition) is 1. The van der Waals surface area contributed by atoms with Crippen LogP contribution in [-0.4, -0.2) is 34.8 Å². The SMILES string of the molecule is C=CCn1c(CS(=O)(=O)c2ccccc2)nnc1SCC(=O)Nc1cc(C)ccc1C. The van der Waals surface area contributed by atoms with E-state index in [1.54, 1.807) is 41.0 Å². The van der Waals surface area contributed by atoms with Gasteiger partial charge in [0.15, 0.2) is 15.0 Å². The Morgan fingerprint density at radius 1 is 1.16 bits per heavy atom. The maximum absolute atomic E-state index is 12.7. The molecule has 0 spiro atoms. The van der Waals surface area contributed by atoms with Crippen molar-refractivity contribution in [1.82, 2.24) is 14.8 Å². The van der Waals surface area contributed by atoms with Crippen LogP contribution in [0.5, 0.6) is 0 Å². The van der Waals surface area contributed by atoms with Crippen LogP contribution < -0.4 is 5.32 Å². The van der Waals surface area contributed by atoms with E-state index in [4.69, 9.17) is 0 Å². The third-order valence-electron chi connectivity index (χ3n) is 4.53. The summed E-state index contributed by atoms with van der Waals surface area (Å²) in [7, 11) is -3.57. The van der Waals surface area contributed by atoms with Gasteiger partial charge in [0.1, 0.15) is 11.6 Å². The van der Waals surface area contributed by atoms with E-state index in [0.717, 1.165) is 16.8 Å². The summed E-state index contributed by atoms with van der Waals surface area (Å²) >= 11 is 1.20. The van der Waals surface area contributed by atoms with Gasteiger partial charge in [0.25, 0.3) is 0 Å². The third-order valence-corrected chi connectivity index (χ3v) is 7.12. The van der Waals surface area contributed by atoms with Gasteiger partial charge in [-0.25, -0.2) is 8.42 Å². The van der Waals surface area contributed by atoms with Crippen LogP contribution in [0.25, 0.3) is 0 Å². The van der Waals surface area contributed by atoms with Crippen molar-refractivity contribution in [3.63, 3.8) is 0 Å². The number of aromatic nitrogens is 3. The normalized spacial score (nSPS) is 11.3. The highest BCUT2D eigenvalue weighted by molar-refractivity contribution is 7.99. The molecule has 162 valence electrons. The minimum absolute atomic E-state index is 0.119. The molecule has 0 radical (unpaired) electrons. The van der Waals surface area contributed by atoms with Crippen molar-refractivity contribution < 1.29 is 13.2 Å². The Hall–Kier alpha value is -2.91. The first-order chi connectivity index (χ1) is 14.8. The summed E-state index contributed by atoms with van der Waals surface area (Å²) in [5.41, 5.74) is 2.81. The summed E-state index contributed by atoms with van der Waals surface area (Å²) in [5, 5.41) is 11.5. The molecule has 0 saturated carbocycles. The number of rotatable bonds is 9. The van der Waals surface area contributed by atoms with E-state index in [1.165, 1.54) is 11.8 Å². The number of hydrogen-bond acceptors (Lipinski definition) is 6. The van der Waals surface area contributed by atoms with Crippen LogP contribution in [0, 0.1) is 13.8 Å². The number of nitrogens with zero attached hydrogens (tertiary/aromatic N) is 3. The Kier molecular flexibility index (Phi) is 7.29. The number of thioether (sulfide) groups is 1. The molecule has 0 bridgehead atoms. The van der Waals surface area contributed by atoms with Gasteiger partial charge < -0.3 is 9.88 Å². The van der Waals surface area contributed by atoms with E-state index in [9.17, 15) is 13.2 Å². The number of allylic oxidation sites excluding steroid dienone is 1. The molecule has 7 nitrogen and oxygen atoms in total. The van der Waals surface area contributed by atoms with E-state index < -0.39 is 9.84 Å². The average Bonchev–Trinajstić information content (AvgIpc) is 3.11. The summed E-state index contributed by atoms with van der Waals surface area (Å²) in [5.74, 6) is -0.0345. The van der Waals surface area contributed by atoms with Gasteiger partial charge in [0.05, 0.1) is 10.6 Å². The molecule has 0 unspecified atom stereocenters. The van der Waals surface area contributed by atoms with Crippen LogP contribution >= 0.6 is 11.8 Å². The van der Waals surface area contributed by atoms with Crippen LogP contribution in [-0.2, 0) is 26.9 Å². The highest BCUT2D eigenvalue weighted by atomic mass is 32.2. The fourth-order valence-electron chi connectivity index (χ4n) is 2.91. The van der Waals surface area contributed by atoms with Crippen molar-refractivity contribution in [1.29, 1.82) is 0 Å². The van der Waals surface area contributed by atoms with E-state index >= 15 is 0 Å². The lowest BCUT2D eigenvalue weighted by molar-refractivity contribution is -0.113. The van der Waals surface area contributed by atoms with Crippen LogP contribution in [0.4, 0.5) is 5.69 Å². The Balaban J connectivity index is 1.72. The van der Waals surface area contributed by atoms with Gasteiger partial charge in [-0.1, -0.05) is 48.2 Å². The van der Waals surface area contributed by atoms with Gasteiger partial charge in [-0.3, -0.25) is 4.79 Å². The van der Waals surface area contributed by atoms with E-state index in [-0.39, 0.29) is 22.3 Å². The van der Waals surface area contributed by atoms with Crippen LogP contribution in [0.1, 0.15) is 17.0 Å². The maximum Gasteiger partial charge on any atom is 0.234 e. The molecule has 0 aliphatic rings. The monoisotopic (exact) mass is 456 g/mol. The zero-order valence-corrected chi connectivity index (χ0v) is 19.0. The fourth-order valence-corrected chi connectivity index (χ4v) is 4.97. The first kappa shape index (κ1) is 22.8. The molecule has 1 heterocycles. The Bertz CT molecular complexity index is 1190. The number of sulfone groups is 1. The Labute approximate surface area is 186 Å². The highest BCUT2D eigenvalue weighted by Gasteiger charge is 2.21. The minimum atomic E-state index is -3.57. The molecule has 2 aromatic carbocycles. The predicted molar refractivity (Wildman–Crippen MR) is 123 cm³/mol. The summed E-state index contributed by atoms with van der Waals surface area (Å²) in [6.45, 7) is 7.97. The lowest BCUT2D eigenvalue weighted by atomic mass is 10.1. The summed E-state index contributed by atoms with van der Waals surface area (Å²) in [6.07, 6.45) is 1.64. The Morgan fingerprint density at radius 3 is 2.61 bits per heavy atom. The topological polar surface area (TPSA) is 93.9 Å². The fraction of sp³-hybridized carbons (Fsp3) is 0.227. The number of anilines is 1. The van der Waals surface area contributed by atoms with Gasteiger partial charge in [-0.05, 0) is 43.2 Å². The lowest BCUT2D eigenvalue weighted by Gasteiger charge is -2.10. The molecule has 0 aliphatic carbocycles. The van der Waals surface area contributed by atoms with Crippen LogP contribution in [0.3, 0.4) is 0 Å². The molecule has 0 fully saturated rings. The molecule has 0 atom stereocenters. The molecule has 1 N–H and O–H groups in total. The number of aryl methyl sites for hydroxylation is 2. The van der Waals surface area contributed by atoms with Crippen LogP contribution in [0.2, 0.25) is 0 Å². The molecule has 3 aromatic rings. The number of nitrogens with one attached hydrogen (secondary N) is 1. The summed E-state index contributed by atoms with van der Waals surface area (Å²) in [6, 6.07) is 14.1. The second-order valence-corrected chi connectivity index (χ2v) is 9.96. The molecular weight excluding hydrogens is 432 g/mol. The molecule has 0 saturated heterocycles. The second kappa shape index (κ2) is 9.93. The van der Waals surface area contributed by atoms with Crippen molar-refractivity contribution in [2.45, 2.75) is 36.2 Å². The molecule has 31 heavy (non-hydrogen) atoms. The van der Waals surface area contributed by atoms with E-state index in [0.29, 0.717) is 17.5 Å². The number of benzene rings is 2. The molecule has 1 aromatic heterocycles. The standard InChI is InChI=1S/C22H24N4O3S2/c1-4-12-26-20(15-31(28,29)18-8-6-5-7-9-18)24-25-22(26)30-14-21(27)23-19-13-16(2)10-11-17(19)3/h4-11,13H,1,12,14-15H2,2-3H3,(H,23,27). The van der Waals surface area contributed by atoms with Crippen molar-refractivity contribution >= 4 is 33.2 Å². The minimum Gasteiger partial charge on any atom is -0.325 e. The van der Waals surface area contributed by atoms with Crippen LogP contribution in [0.15, 0.2) is 71.2 Å². The largest absolute Gasteiger partial charge is 0.325 e. The zero-order valence-electron chi connectivity index (χ0n) is 17.4. The quantitative estimate of drug-likeness (QED) is 0.389. The van der Waals surface area contributed by atoms with Crippen molar-refractivity contribution in [3.05, 3.63) is 78.1 Å². The number of carbonyl (C=O) groups is 1. The van der Waals surface area contributed by atoms with Crippen molar-refractivity contribution in [3.8, 4) is 0 Å². The molecule has 0 aliphatic heterocycles. The van der Waals surface area contributed by atoms with Gasteiger partial charge in [-0.2, -0.15) is 0 Å². The zero-order chi connectivity index (χ0) is 22.4. The van der Waals surface area contributed by atoms with Gasteiger partial charge in [0.2, 0.25) is 5.91 Å². The van der Waals surface area contributed by atoms with Gasteiger partial charge >= 0.3 is 0 Å². The summed E-state index contributed by atoms with van der Waals surface area (Å²) < 4.78 is 27.1. The molecule has 3 rings (SSSR count). The average molecular weight is 457 g/mol. The van der Waals surface area contributed by atoms with Gasteiger partial charge in [-0.15, -0.1) is 16.8 Å². The predicted octanol–water partition coefficient (Wildman–Crippen LogP) is 3.79. The lowest BCUT2D eigenvalue weighted by Crippen LogP contribution is -2.16. The van der Waals surface area contributed by atoms with E-state index in [2.05, 4.69) is 22.1 Å². The summed E-state index contributed by atoms with van der Waals surface area (Å²) in [4.78, 5) is 12.7. The highest BCUT2D eigenvalue weighted by Crippen LogP contribution is 2.22. The second-order valence-electron chi connectivity index (χ2n) is 7.03. The van der Waals surface area contributed by atoms with Crippen molar-refractivity contribution in [2.75, 3.05) is 11.1 Å². The number of amides is 1. The van der Waals surface area contributed by atoms with Crippen molar-refractivity contribution in [2.24, 2.45) is 0 Å². The first-order valence-electron chi connectivity index (χ1n) is 9.61. The van der Waals surface area contributed by atoms with E-state index in [1.807, 2.05) is 32.0 Å².